The monoisotopic (exact) mass is 333 g/mol. The van der Waals surface area contributed by atoms with E-state index in [1.807, 2.05) is 0 Å². The SMILES string of the molecule is NCc1cc(N)c(I)c(OC(F)(F)F)n1. The van der Waals surface area contributed by atoms with E-state index in [-0.39, 0.29) is 21.5 Å². The zero-order chi connectivity index (χ0) is 11.6. The van der Waals surface area contributed by atoms with Crippen molar-refractivity contribution in [3.8, 4) is 5.88 Å². The van der Waals surface area contributed by atoms with Crippen LogP contribution in [0, 0.1) is 3.57 Å². The number of ether oxygens (including phenoxy) is 1. The van der Waals surface area contributed by atoms with Crippen LogP contribution in [0.25, 0.3) is 0 Å². The van der Waals surface area contributed by atoms with Crippen molar-refractivity contribution in [1.82, 2.24) is 4.98 Å². The molecule has 4 nitrogen and oxygen atoms in total. The van der Waals surface area contributed by atoms with Crippen LogP contribution in [-0.2, 0) is 6.54 Å². The minimum atomic E-state index is -4.79. The standard InChI is InChI=1S/C7H7F3IN3O/c8-7(9,10)15-6-5(11)4(13)1-3(2-12)14-6/h1H,2,12H2,(H2,13,14). The number of rotatable bonds is 2. The Morgan fingerprint density at radius 2 is 2.07 bits per heavy atom. The average Bonchev–Trinajstić information content (AvgIpc) is 2.10. The molecule has 0 aliphatic rings. The third kappa shape index (κ3) is 3.38. The molecule has 84 valence electrons. The Labute approximate surface area is 96.9 Å². The normalized spacial score (nSPS) is 11.5. The third-order valence-corrected chi connectivity index (χ3v) is 2.51. The van der Waals surface area contributed by atoms with Gasteiger partial charge in [-0.1, -0.05) is 0 Å². The maximum absolute atomic E-state index is 12.0. The maximum atomic E-state index is 12.0. The number of pyridine rings is 1. The summed E-state index contributed by atoms with van der Waals surface area (Å²) in [5.74, 6) is -0.566. The Balaban J connectivity index is 3.11. The predicted molar refractivity (Wildman–Crippen MR) is 55.9 cm³/mol. The van der Waals surface area contributed by atoms with E-state index >= 15 is 0 Å². The Bertz CT molecular complexity index is 369. The molecular formula is C7H7F3IN3O. The molecule has 0 unspecified atom stereocenters. The highest BCUT2D eigenvalue weighted by Gasteiger charge is 2.33. The quantitative estimate of drug-likeness (QED) is 0.807. The van der Waals surface area contributed by atoms with Gasteiger partial charge in [0.1, 0.15) is 0 Å². The molecule has 15 heavy (non-hydrogen) atoms. The molecular weight excluding hydrogens is 326 g/mol. The van der Waals surface area contributed by atoms with Gasteiger partial charge in [-0.3, -0.25) is 0 Å². The number of anilines is 1. The molecule has 0 aliphatic carbocycles. The number of aromatic nitrogens is 1. The summed E-state index contributed by atoms with van der Waals surface area (Å²) in [5, 5.41) is 0. The van der Waals surface area contributed by atoms with Crippen LogP contribution in [0.2, 0.25) is 0 Å². The van der Waals surface area contributed by atoms with E-state index in [4.69, 9.17) is 11.5 Å². The van der Waals surface area contributed by atoms with Gasteiger partial charge in [-0.05, 0) is 28.7 Å². The smallest absolute Gasteiger partial charge is 0.398 e. The topological polar surface area (TPSA) is 74.2 Å². The van der Waals surface area contributed by atoms with Crippen LogP contribution in [0.4, 0.5) is 18.9 Å². The second-order valence-electron chi connectivity index (χ2n) is 2.57. The largest absolute Gasteiger partial charge is 0.574 e. The minimum Gasteiger partial charge on any atom is -0.398 e. The highest BCUT2D eigenvalue weighted by atomic mass is 127. The van der Waals surface area contributed by atoms with Gasteiger partial charge in [0.2, 0.25) is 5.88 Å². The first-order valence-corrected chi connectivity index (χ1v) is 4.82. The molecule has 0 aromatic carbocycles. The summed E-state index contributed by atoms with van der Waals surface area (Å²) in [6.45, 7) is -0.00463. The summed E-state index contributed by atoms with van der Waals surface area (Å²) in [4.78, 5) is 3.58. The molecule has 0 bridgehead atoms. The Morgan fingerprint density at radius 3 is 2.53 bits per heavy atom. The van der Waals surface area contributed by atoms with Crippen molar-refractivity contribution in [1.29, 1.82) is 0 Å². The van der Waals surface area contributed by atoms with Crippen LogP contribution in [0.1, 0.15) is 5.69 Å². The van der Waals surface area contributed by atoms with Gasteiger partial charge in [0.05, 0.1) is 15.0 Å². The number of nitrogens with two attached hydrogens (primary N) is 2. The number of alkyl halides is 3. The zero-order valence-electron chi connectivity index (χ0n) is 7.31. The fourth-order valence-corrected chi connectivity index (χ4v) is 1.25. The first-order chi connectivity index (χ1) is 6.83. The molecule has 1 aromatic heterocycles. The first-order valence-electron chi connectivity index (χ1n) is 3.74. The van der Waals surface area contributed by atoms with Crippen molar-refractivity contribution in [3.05, 3.63) is 15.3 Å². The van der Waals surface area contributed by atoms with Crippen LogP contribution >= 0.6 is 22.6 Å². The Morgan fingerprint density at radius 1 is 1.47 bits per heavy atom. The summed E-state index contributed by atoms with van der Waals surface area (Å²) in [6.07, 6.45) is -4.79. The van der Waals surface area contributed by atoms with E-state index in [0.29, 0.717) is 0 Å². The van der Waals surface area contributed by atoms with Crippen LogP contribution in [0.3, 0.4) is 0 Å². The number of nitrogen functional groups attached to an aromatic ring is 1. The lowest BCUT2D eigenvalue weighted by atomic mass is 10.3. The van der Waals surface area contributed by atoms with E-state index in [1.54, 1.807) is 22.6 Å². The zero-order valence-corrected chi connectivity index (χ0v) is 9.46. The Hall–Kier alpha value is -0.770. The van der Waals surface area contributed by atoms with Crippen LogP contribution < -0.4 is 16.2 Å². The predicted octanol–water partition coefficient (Wildman–Crippen LogP) is 1.63. The van der Waals surface area contributed by atoms with Crippen molar-refractivity contribution in [2.75, 3.05) is 5.73 Å². The van der Waals surface area contributed by atoms with Gasteiger partial charge < -0.3 is 16.2 Å². The molecule has 4 N–H and O–H groups in total. The van der Waals surface area contributed by atoms with Crippen molar-refractivity contribution in [2.45, 2.75) is 12.9 Å². The molecule has 0 atom stereocenters. The van der Waals surface area contributed by atoms with Gasteiger partial charge in [-0.2, -0.15) is 0 Å². The second-order valence-corrected chi connectivity index (χ2v) is 3.65. The highest BCUT2D eigenvalue weighted by Crippen LogP contribution is 2.29. The van der Waals surface area contributed by atoms with E-state index in [0.717, 1.165) is 0 Å². The van der Waals surface area contributed by atoms with Crippen molar-refractivity contribution in [3.63, 3.8) is 0 Å². The van der Waals surface area contributed by atoms with Crippen LogP contribution in [0.5, 0.6) is 5.88 Å². The number of hydrogen-bond acceptors (Lipinski definition) is 4. The summed E-state index contributed by atoms with van der Waals surface area (Å²) < 4.78 is 39.7. The van der Waals surface area contributed by atoms with E-state index < -0.39 is 12.2 Å². The van der Waals surface area contributed by atoms with Gasteiger partial charge >= 0.3 is 6.36 Å². The van der Waals surface area contributed by atoms with Crippen LogP contribution in [-0.4, -0.2) is 11.3 Å². The molecule has 0 saturated heterocycles. The molecule has 0 radical (unpaired) electrons. The lowest BCUT2D eigenvalue weighted by molar-refractivity contribution is -0.276. The van der Waals surface area contributed by atoms with Gasteiger partial charge in [0.15, 0.2) is 0 Å². The first kappa shape index (κ1) is 12.3. The van der Waals surface area contributed by atoms with Gasteiger partial charge in [-0.15, -0.1) is 13.2 Å². The molecule has 1 rings (SSSR count). The van der Waals surface area contributed by atoms with E-state index in [1.165, 1.54) is 6.07 Å². The van der Waals surface area contributed by atoms with Gasteiger partial charge in [0.25, 0.3) is 0 Å². The number of halogens is 4. The molecule has 0 fully saturated rings. The molecule has 0 aliphatic heterocycles. The second kappa shape index (κ2) is 4.39. The van der Waals surface area contributed by atoms with Crippen molar-refractivity contribution >= 4 is 28.3 Å². The minimum absolute atomic E-state index is 0.00463. The maximum Gasteiger partial charge on any atom is 0.574 e. The van der Waals surface area contributed by atoms with Gasteiger partial charge in [-0.25, -0.2) is 4.98 Å². The fourth-order valence-electron chi connectivity index (χ4n) is 0.860. The third-order valence-electron chi connectivity index (χ3n) is 1.43. The lowest BCUT2D eigenvalue weighted by Crippen LogP contribution is -2.19. The highest BCUT2D eigenvalue weighted by molar-refractivity contribution is 14.1. The number of nitrogens with zero attached hydrogens (tertiary/aromatic N) is 1. The van der Waals surface area contributed by atoms with Crippen molar-refractivity contribution in [2.24, 2.45) is 5.73 Å². The molecule has 1 aromatic rings. The van der Waals surface area contributed by atoms with E-state index in [9.17, 15) is 13.2 Å². The van der Waals surface area contributed by atoms with E-state index in [2.05, 4.69) is 9.72 Å². The summed E-state index contributed by atoms with van der Waals surface area (Å²) in [5.41, 5.74) is 11.1. The Kier molecular flexibility index (Phi) is 3.60. The molecule has 8 heteroatoms. The number of hydrogen-bond donors (Lipinski definition) is 2. The fraction of sp³-hybridized carbons (Fsp3) is 0.286. The van der Waals surface area contributed by atoms with Gasteiger partial charge in [0, 0.05) is 6.54 Å². The molecule has 1 heterocycles. The van der Waals surface area contributed by atoms with Crippen molar-refractivity contribution < 1.29 is 17.9 Å². The molecule has 0 amide bonds. The molecule has 0 saturated carbocycles. The summed E-state index contributed by atoms with van der Waals surface area (Å²) >= 11 is 1.62. The summed E-state index contributed by atoms with van der Waals surface area (Å²) in [7, 11) is 0. The lowest BCUT2D eigenvalue weighted by Gasteiger charge is -2.11. The summed E-state index contributed by atoms with van der Waals surface area (Å²) in [6, 6.07) is 1.41. The average molecular weight is 333 g/mol. The molecule has 0 spiro atoms. The van der Waals surface area contributed by atoms with Crippen LogP contribution in [0.15, 0.2) is 6.07 Å².